The molecule has 1 heterocycles. The van der Waals surface area contributed by atoms with Gasteiger partial charge in [0.2, 0.25) is 0 Å². The molecule has 100 valence electrons. The summed E-state index contributed by atoms with van der Waals surface area (Å²) in [7, 11) is 1.61. The first-order valence-electron chi connectivity index (χ1n) is 5.70. The van der Waals surface area contributed by atoms with E-state index in [1.165, 1.54) is 17.0 Å². The van der Waals surface area contributed by atoms with Crippen LogP contribution in [0.3, 0.4) is 0 Å². The highest BCUT2D eigenvalue weighted by Crippen LogP contribution is 2.25. The molecule has 4 N–H and O–H groups in total. The van der Waals surface area contributed by atoms with Crippen LogP contribution in [0.25, 0.3) is 0 Å². The van der Waals surface area contributed by atoms with E-state index in [0.717, 1.165) is 0 Å². The first-order valence-corrected chi connectivity index (χ1v) is 5.70. The van der Waals surface area contributed by atoms with Crippen molar-refractivity contribution in [1.82, 2.24) is 20.1 Å². The van der Waals surface area contributed by atoms with Crippen molar-refractivity contribution in [3.63, 3.8) is 0 Å². The maximum atomic E-state index is 12.2. The minimum atomic E-state index is -0.341. The molecule has 7 nitrogen and oxygen atoms in total. The molecule has 0 saturated heterocycles. The largest absolute Gasteiger partial charge is 0.505 e. The maximum Gasteiger partial charge on any atom is 0.257 e. The lowest BCUT2D eigenvalue weighted by Crippen LogP contribution is -2.27. The predicted molar refractivity (Wildman–Crippen MR) is 69.4 cm³/mol. The molecule has 1 amide bonds. The minimum absolute atomic E-state index is 0.162. The second-order valence-corrected chi connectivity index (χ2v) is 4.24. The van der Waals surface area contributed by atoms with Gasteiger partial charge in [0.15, 0.2) is 11.6 Å². The van der Waals surface area contributed by atoms with E-state index in [2.05, 4.69) is 15.2 Å². The van der Waals surface area contributed by atoms with Gasteiger partial charge in [-0.05, 0) is 19.1 Å². The zero-order valence-corrected chi connectivity index (χ0v) is 10.7. The molecule has 1 aromatic heterocycles. The van der Waals surface area contributed by atoms with Crippen molar-refractivity contribution >= 4 is 11.6 Å². The van der Waals surface area contributed by atoms with Crippen LogP contribution in [0.4, 0.5) is 5.69 Å². The summed E-state index contributed by atoms with van der Waals surface area (Å²) in [5.41, 5.74) is 5.90. The Morgan fingerprint density at radius 3 is 2.89 bits per heavy atom. The quantitative estimate of drug-likeness (QED) is 0.556. The molecule has 19 heavy (non-hydrogen) atoms. The summed E-state index contributed by atoms with van der Waals surface area (Å²) in [6, 6.07) is 4.67. The van der Waals surface area contributed by atoms with Crippen molar-refractivity contribution in [2.45, 2.75) is 13.5 Å². The highest BCUT2D eigenvalue weighted by atomic mass is 16.3. The summed E-state index contributed by atoms with van der Waals surface area (Å²) in [5.74, 6) is 0.650. The lowest BCUT2D eigenvalue weighted by atomic mass is 10.1. The number of aromatic amines is 1. The van der Waals surface area contributed by atoms with Crippen molar-refractivity contribution in [1.29, 1.82) is 0 Å². The number of aromatic nitrogens is 3. The summed E-state index contributed by atoms with van der Waals surface area (Å²) in [6.07, 6.45) is 0. The number of nitrogen functional groups attached to an aromatic ring is 1. The van der Waals surface area contributed by atoms with Gasteiger partial charge in [0.1, 0.15) is 5.82 Å². The number of benzene rings is 1. The first kappa shape index (κ1) is 12.9. The van der Waals surface area contributed by atoms with Gasteiger partial charge in [-0.15, -0.1) is 0 Å². The van der Waals surface area contributed by atoms with Crippen molar-refractivity contribution in [2.24, 2.45) is 0 Å². The monoisotopic (exact) mass is 261 g/mol. The summed E-state index contributed by atoms with van der Waals surface area (Å²) in [5, 5.41) is 16.4. The Morgan fingerprint density at radius 2 is 2.26 bits per heavy atom. The molecule has 0 fully saturated rings. The Kier molecular flexibility index (Phi) is 3.37. The van der Waals surface area contributed by atoms with E-state index < -0.39 is 0 Å². The lowest BCUT2D eigenvalue weighted by Gasteiger charge is -2.16. The topological polar surface area (TPSA) is 108 Å². The highest BCUT2D eigenvalue weighted by molar-refractivity contribution is 5.98. The number of rotatable bonds is 3. The average molecular weight is 261 g/mol. The van der Waals surface area contributed by atoms with Crippen molar-refractivity contribution in [3.8, 4) is 5.75 Å². The van der Waals surface area contributed by atoms with Crippen molar-refractivity contribution < 1.29 is 9.90 Å². The number of nitrogens with zero attached hydrogens (tertiary/aromatic N) is 3. The number of aromatic hydroxyl groups is 1. The number of carbonyl (C=O) groups is 1. The SMILES string of the molecule is Cc1nc(CN(C)C(=O)c2cccc(N)c2O)n[nH]1. The number of para-hydroxylation sites is 1. The number of hydrogen-bond acceptors (Lipinski definition) is 5. The van der Waals surface area contributed by atoms with Crippen LogP contribution >= 0.6 is 0 Å². The number of phenolic OH excluding ortho intramolecular Hbond substituents is 1. The molecular weight excluding hydrogens is 246 g/mol. The van der Waals surface area contributed by atoms with Crippen molar-refractivity contribution in [3.05, 3.63) is 35.4 Å². The number of carbonyl (C=O) groups excluding carboxylic acids is 1. The van der Waals surface area contributed by atoms with E-state index in [-0.39, 0.29) is 29.5 Å². The summed E-state index contributed by atoms with van der Waals surface area (Å²) >= 11 is 0. The zero-order chi connectivity index (χ0) is 14.0. The highest BCUT2D eigenvalue weighted by Gasteiger charge is 2.18. The van der Waals surface area contributed by atoms with Gasteiger partial charge in [-0.1, -0.05) is 6.07 Å². The molecule has 0 aliphatic rings. The van der Waals surface area contributed by atoms with Gasteiger partial charge >= 0.3 is 0 Å². The summed E-state index contributed by atoms with van der Waals surface area (Å²) in [6.45, 7) is 2.03. The molecule has 0 unspecified atom stereocenters. The van der Waals surface area contributed by atoms with Crippen LogP contribution < -0.4 is 5.73 Å². The average Bonchev–Trinajstić information content (AvgIpc) is 2.77. The van der Waals surface area contributed by atoms with Crippen LogP contribution in [0.5, 0.6) is 5.75 Å². The van der Waals surface area contributed by atoms with Gasteiger partial charge in [0.25, 0.3) is 5.91 Å². The van der Waals surface area contributed by atoms with E-state index in [0.29, 0.717) is 11.6 Å². The summed E-state index contributed by atoms with van der Waals surface area (Å²) < 4.78 is 0. The molecule has 0 radical (unpaired) electrons. The van der Waals surface area contributed by atoms with Gasteiger partial charge in [-0.2, -0.15) is 5.10 Å². The van der Waals surface area contributed by atoms with Gasteiger partial charge < -0.3 is 15.7 Å². The van der Waals surface area contributed by atoms with Crippen LogP contribution in [0.1, 0.15) is 22.0 Å². The predicted octanol–water partition coefficient (Wildman–Crippen LogP) is 0.673. The number of amides is 1. The van der Waals surface area contributed by atoms with Crippen LogP contribution in [0.2, 0.25) is 0 Å². The Bertz CT molecular complexity index is 608. The molecule has 0 atom stereocenters. The van der Waals surface area contributed by atoms with E-state index in [9.17, 15) is 9.90 Å². The van der Waals surface area contributed by atoms with Gasteiger partial charge in [0.05, 0.1) is 17.8 Å². The Morgan fingerprint density at radius 1 is 1.53 bits per heavy atom. The molecule has 0 aliphatic heterocycles. The van der Waals surface area contributed by atoms with Gasteiger partial charge in [-0.3, -0.25) is 9.89 Å². The molecule has 0 spiro atoms. The van der Waals surface area contributed by atoms with Crippen molar-refractivity contribution in [2.75, 3.05) is 12.8 Å². The molecule has 0 saturated carbocycles. The number of nitrogens with one attached hydrogen (secondary N) is 1. The third-order valence-corrected chi connectivity index (χ3v) is 2.67. The van der Waals surface area contributed by atoms with E-state index in [4.69, 9.17) is 5.73 Å². The van der Waals surface area contributed by atoms with E-state index >= 15 is 0 Å². The fourth-order valence-electron chi connectivity index (χ4n) is 1.68. The number of aryl methyl sites for hydroxylation is 1. The van der Waals surface area contributed by atoms with E-state index in [1.54, 1.807) is 20.0 Å². The Hall–Kier alpha value is -2.57. The second kappa shape index (κ2) is 4.97. The molecular formula is C12H15N5O2. The van der Waals surface area contributed by atoms with Gasteiger partial charge in [0, 0.05) is 7.05 Å². The molecule has 1 aromatic carbocycles. The molecule has 0 bridgehead atoms. The summed E-state index contributed by atoms with van der Waals surface area (Å²) in [4.78, 5) is 17.7. The number of phenols is 1. The number of hydrogen-bond donors (Lipinski definition) is 3. The third-order valence-electron chi connectivity index (χ3n) is 2.67. The lowest BCUT2D eigenvalue weighted by molar-refractivity contribution is 0.0778. The smallest absolute Gasteiger partial charge is 0.257 e. The first-order chi connectivity index (χ1) is 8.99. The number of anilines is 1. The number of nitrogens with two attached hydrogens (primary N) is 1. The molecule has 2 aromatic rings. The zero-order valence-electron chi connectivity index (χ0n) is 10.7. The molecule has 0 aliphatic carbocycles. The van der Waals surface area contributed by atoms with Crippen LogP contribution in [-0.2, 0) is 6.54 Å². The van der Waals surface area contributed by atoms with E-state index in [1.807, 2.05) is 0 Å². The molecule has 2 rings (SSSR count). The number of H-pyrrole nitrogens is 1. The maximum absolute atomic E-state index is 12.2. The third kappa shape index (κ3) is 2.65. The fourth-order valence-corrected chi connectivity index (χ4v) is 1.68. The standard InChI is InChI=1S/C12H15N5O2/c1-7-14-10(16-15-7)6-17(2)12(19)8-4-3-5-9(13)11(8)18/h3-5,18H,6,13H2,1-2H3,(H,14,15,16). The second-order valence-electron chi connectivity index (χ2n) is 4.24. The minimum Gasteiger partial charge on any atom is -0.505 e. The normalized spacial score (nSPS) is 10.4. The van der Waals surface area contributed by atoms with Crippen LogP contribution in [0, 0.1) is 6.92 Å². The van der Waals surface area contributed by atoms with Crippen LogP contribution in [-0.4, -0.2) is 38.1 Å². The van der Waals surface area contributed by atoms with Gasteiger partial charge in [-0.25, -0.2) is 4.98 Å². The fraction of sp³-hybridized carbons (Fsp3) is 0.250. The van der Waals surface area contributed by atoms with Crippen LogP contribution in [0.15, 0.2) is 18.2 Å². The molecule has 7 heteroatoms. The Balaban J connectivity index is 2.17. The Labute approximate surface area is 110 Å².